The predicted molar refractivity (Wildman–Crippen MR) is 85.0 cm³/mol. The van der Waals surface area contributed by atoms with Gasteiger partial charge in [-0.2, -0.15) is 8.78 Å². The summed E-state index contributed by atoms with van der Waals surface area (Å²) in [6, 6.07) is 4.63. The molecule has 1 aromatic heterocycles. The van der Waals surface area contributed by atoms with Crippen LogP contribution in [0.1, 0.15) is 12.1 Å². The Balaban J connectivity index is 1.80. The topological polar surface area (TPSA) is 47.5 Å². The minimum absolute atomic E-state index is 0.0826. The molecule has 3 rings (SSSR count). The lowest BCUT2D eigenvalue weighted by Gasteiger charge is -2.26. The van der Waals surface area contributed by atoms with Crippen LogP contribution in [0, 0.1) is 0 Å². The summed E-state index contributed by atoms with van der Waals surface area (Å²) in [5, 5.41) is 0.119. The summed E-state index contributed by atoms with van der Waals surface area (Å²) in [5.74, 6) is -0.0826. The monoisotopic (exact) mass is 355 g/mol. The molecule has 2 aromatic rings. The minimum atomic E-state index is -2.94. The second-order valence-corrected chi connectivity index (χ2v) is 5.77. The van der Waals surface area contributed by atoms with Gasteiger partial charge in [-0.3, -0.25) is 9.88 Å². The van der Waals surface area contributed by atoms with E-state index in [-0.39, 0.29) is 10.8 Å². The molecule has 2 heterocycles. The first-order chi connectivity index (χ1) is 11.6. The lowest BCUT2D eigenvalue weighted by Crippen LogP contribution is -2.32. The lowest BCUT2D eigenvalue weighted by molar-refractivity contribution is -0.0497. The van der Waals surface area contributed by atoms with Gasteiger partial charge < -0.3 is 9.47 Å². The molecular weight excluding hydrogens is 340 g/mol. The third-order valence-corrected chi connectivity index (χ3v) is 3.86. The molecule has 0 N–H and O–H groups in total. The zero-order valence-electron chi connectivity index (χ0n) is 12.8. The lowest BCUT2D eigenvalue weighted by atomic mass is 10.1. The van der Waals surface area contributed by atoms with E-state index in [9.17, 15) is 8.78 Å². The Labute approximate surface area is 143 Å². The van der Waals surface area contributed by atoms with E-state index in [4.69, 9.17) is 16.3 Å². The third kappa shape index (κ3) is 4.37. The molecule has 0 spiro atoms. The van der Waals surface area contributed by atoms with Crippen LogP contribution in [0.25, 0.3) is 11.3 Å². The van der Waals surface area contributed by atoms with Gasteiger partial charge in [-0.15, -0.1) is 0 Å². The SMILES string of the molecule is FC(F)Oc1cc(-c2cncc(CN3CCCOC3)n2)ccc1Cl. The molecule has 1 saturated heterocycles. The van der Waals surface area contributed by atoms with E-state index in [1.807, 2.05) is 0 Å². The molecular formula is C16H16ClF2N3O2. The van der Waals surface area contributed by atoms with E-state index in [1.54, 1.807) is 18.5 Å². The van der Waals surface area contributed by atoms with Gasteiger partial charge in [-0.1, -0.05) is 17.7 Å². The number of ether oxygens (including phenoxy) is 2. The number of aromatic nitrogens is 2. The van der Waals surface area contributed by atoms with Crippen LogP contribution in [0.3, 0.4) is 0 Å². The van der Waals surface area contributed by atoms with Crippen LogP contribution < -0.4 is 4.74 Å². The Hall–Kier alpha value is -1.83. The maximum atomic E-state index is 12.4. The van der Waals surface area contributed by atoms with Crippen molar-refractivity contribution in [3.8, 4) is 17.0 Å². The number of alkyl halides is 2. The number of rotatable bonds is 5. The van der Waals surface area contributed by atoms with Gasteiger partial charge in [0, 0.05) is 31.5 Å². The molecule has 0 amide bonds. The Morgan fingerprint density at radius 2 is 2.21 bits per heavy atom. The highest BCUT2D eigenvalue weighted by molar-refractivity contribution is 6.32. The van der Waals surface area contributed by atoms with Crippen molar-refractivity contribution in [2.24, 2.45) is 0 Å². The second kappa shape index (κ2) is 7.83. The average molecular weight is 356 g/mol. The van der Waals surface area contributed by atoms with Crippen molar-refractivity contribution in [3.63, 3.8) is 0 Å². The molecule has 24 heavy (non-hydrogen) atoms. The van der Waals surface area contributed by atoms with E-state index < -0.39 is 6.61 Å². The first-order valence-corrected chi connectivity index (χ1v) is 7.85. The highest BCUT2D eigenvalue weighted by Gasteiger charge is 2.14. The van der Waals surface area contributed by atoms with Gasteiger partial charge in [-0.25, -0.2) is 4.98 Å². The number of hydrogen-bond acceptors (Lipinski definition) is 5. The Morgan fingerprint density at radius 1 is 1.33 bits per heavy atom. The molecule has 1 aromatic carbocycles. The molecule has 0 atom stereocenters. The number of nitrogens with zero attached hydrogens (tertiary/aromatic N) is 3. The minimum Gasteiger partial charge on any atom is -0.433 e. The summed E-state index contributed by atoms with van der Waals surface area (Å²) in [5.41, 5.74) is 1.96. The van der Waals surface area contributed by atoms with Gasteiger partial charge in [0.15, 0.2) is 0 Å². The molecule has 1 aliphatic rings. The van der Waals surface area contributed by atoms with Crippen LogP contribution in [-0.2, 0) is 11.3 Å². The second-order valence-electron chi connectivity index (χ2n) is 5.36. The number of hydrogen-bond donors (Lipinski definition) is 0. The first-order valence-electron chi connectivity index (χ1n) is 7.47. The largest absolute Gasteiger partial charge is 0.433 e. The molecule has 5 nitrogen and oxygen atoms in total. The van der Waals surface area contributed by atoms with Gasteiger partial charge in [0.25, 0.3) is 0 Å². The molecule has 0 aliphatic carbocycles. The zero-order chi connectivity index (χ0) is 16.9. The average Bonchev–Trinajstić information content (AvgIpc) is 2.58. The van der Waals surface area contributed by atoms with Crippen LogP contribution in [0.4, 0.5) is 8.78 Å². The van der Waals surface area contributed by atoms with Gasteiger partial charge in [0.05, 0.1) is 29.3 Å². The van der Waals surface area contributed by atoms with Crippen molar-refractivity contribution in [2.45, 2.75) is 19.6 Å². The third-order valence-electron chi connectivity index (χ3n) is 3.55. The van der Waals surface area contributed by atoms with Crippen molar-refractivity contribution in [1.29, 1.82) is 0 Å². The first kappa shape index (κ1) is 17.0. The molecule has 0 unspecified atom stereocenters. The molecule has 0 bridgehead atoms. The van der Waals surface area contributed by atoms with Crippen LogP contribution in [-0.4, -0.2) is 41.4 Å². The summed E-state index contributed by atoms with van der Waals surface area (Å²) < 4.78 is 34.7. The zero-order valence-corrected chi connectivity index (χ0v) is 13.5. The fraction of sp³-hybridized carbons (Fsp3) is 0.375. The highest BCUT2D eigenvalue weighted by Crippen LogP contribution is 2.30. The fourth-order valence-electron chi connectivity index (χ4n) is 2.47. The van der Waals surface area contributed by atoms with E-state index >= 15 is 0 Å². The summed E-state index contributed by atoms with van der Waals surface area (Å²) >= 11 is 5.87. The van der Waals surface area contributed by atoms with Crippen molar-refractivity contribution in [1.82, 2.24) is 14.9 Å². The van der Waals surface area contributed by atoms with E-state index in [1.165, 1.54) is 12.1 Å². The van der Waals surface area contributed by atoms with Gasteiger partial charge in [0.2, 0.25) is 0 Å². The van der Waals surface area contributed by atoms with Crippen LogP contribution >= 0.6 is 11.6 Å². The number of halogens is 3. The molecule has 8 heteroatoms. The summed E-state index contributed by atoms with van der Waals surface area (Å²) in [7, 11) is 0. The van der Waals surface area contributed by atoms with Crippen molar-refractivity contribution in [2.75, 3.05) is 19.9 Å². The smallest absolute Gasteiger partial charge is 0.387 e. The highest BCUT2D eigenvalue weighted by atomic mass is 35.5. The van der Waals surface area contributed by atoms with Crippen molar-refractivity contribution in [3.05, 3.63) is 41.3 Å². The van der Waals surface area contributed by atoms with Crippen LogP contribution in [0.15, 0.2) is 30.6 Å². The van der Waals surface area contributed by atoms with E-state index in [0.29, 0.717) is 24.5 Å². The maximum absolute atomic E-state index is 12.4. The van der Waals surface area contributed by atoms with Crippen molar-refractivity contribution >= 4 is 11.6 Å². The molecule has 1 aliphatic heterocycles. The van der Waals surface area contributed by atoms with E-state index in [0.717, 1.165) is 25.3 Å². The summed E-state index contributed by atoms with van der Waals surface area (Å²) in [6.45, 7) is -0.0260. The van der Waals surface area contributed by atoms with Gasteiger partial charge in [-0.05, 0) is 18.6 Å². The molecule has 0 saturated carbocycles. The Kier molecular flexibility index (Phi) is 5.55. The standard InChI is InChI=1S/C16H16ClF2N3O2/c17-13-3-2-11(6-15(13)24-16(18)19)14-8-20-7-12(21-14)9-22-4-1-5-23-10-22/h2-3,6-8,16H,1,4-5,9-10H2. The molecule has 1 fully saturated rings. The van der Waals surface area contributed by atoms with Gasteiger partial charge >= 0.3 is 6.61 Å². The predicted octanol–water partition coefficient (Wildman–Crippen LogP) is 3.58. The van der Waals surface area contributed by atoms with E-state index in [2.05, 4.69) is 19.6 Å². The summed E-state index contributed by atoms with van der Waals surface area (Å²) in [6.07, 6.45) is 4.24. The summed E-state index contributed by atoms with van der Waals surface area (Å²) in [4.78, 5) is 10.9. The normalized spacial score (nSPS) is 15.7. The molecule has 128 valence electrons. The van der Waals surface area contributed by atoms with Crippen LogP contribution in [0.5, 0.6) is 5.75 Å². The number of benzene rings is 1. The fourth-order valence-corrected chi connectivity index (χ4v) is 2.63. The quantitative estimate of drug-likeness (QED) is 0.820. The van der Waals surface area contributed by atoms with Crippen LogP contribution in [0.2, 0.25) is 5.02 Å². The maximum Gasteiger partial charge on any atom is 0.387 e. The Bertz CT molecular complexity index is 697. The molecule has 0 radical (unpaired) electrons. The van der Waals surface area contributed by atoms with Gasteiger partial charge in [0.1, 0.15) is 5.75 Å². The Morgan fingerprint density at radius 3 is 2.96 bits per heavy atom. The van der Waals surface area contributed by atoms with Crippen molar-refractivity contribution < 1.29 is 18.3 Å².